The fourth-order valence-corrected chi connectivity index (χ4v) is 4.89. The maximum absolute atomic E-state index is 12.4. The molecule has 7 nitrogen and oxygen atoms in total. The van der Waals surface area contributed by atoms with E-state index in [0.29, 0.717) is 30.4 Å². The van der Waals surface area contributed by atoms with E-state index in [-0.39, 0.29) is 10.6 Å². The summed E-state index contributed by atoms with van der Waals surface area (Å²) in [4.78, 5) is 12.6. The molecule has 0 spiro atoms. The molecule has 1 saturated heterocycles. The summed E-state index contributed by atoms with van der Waals surface area (Å²) in [5, 5.41) is 10.9. The standard InChI is InChI=1S/C17H27N3O4S/c1-13-9-14(2)12-19(11-13)8-4-7-18-25(23,24)17-10-16(20(21)22)6-5-15(17)3/h5-6,10,13-14,18H,4,7-9,11-12H2,1-3H3/t13-,14-/m0/s1. The maximum atomic E-state index is 12.4. The van der Waals surface area contributed by atoms with Crippen molar-refractivity contribution in [3.63, 3.8) is 0 Å². The Hall–Kier alpha value is -1.51. The molecule has 0 unspecified atom stereocenters. The van der Waals surface area contributed by atoms with Gasteiger partial charge in [0.15, 0.2) is 0 Å². The molecule has 140 valence electrons. The Morgan fingerprint density at radius 1 is 1.28 bits per heavy atom. The van der Waals surface area contributed by atoms with Gasteiger partial charge in [-0.15, -0.1) is 0 Å². The molecule has 0 aromatic heterocycles. The molecule has 1 aromatic carbocycles. The first-order valence-electron chi connectivity index (χ1n) is 8.66. The molecule has 1 aliphatic heterocycles. The number of rotatable bonds is 7. The largest absolute Gasteiger partial charge is 0.303 e. The van der Waals surface area contributed by atoms with E-state index in [1.165, 1.54) is 18.6 Å². The van der Waals surface area contributed by atoms with Crippen molar-refractivity contribution in [1.29, 1.82) is 0 Å². The lowest BCUT2D eigenvalue weighted by Crippen LogP contribution is -2.40. The van der Waals surface area contributed by atoms with Gasteiger partial charge in [-0.3, -0.25) is 10.1 Å². The molecule has 0 saturated carbocycles. The lowest BCUT2D eigenvalue weighted by Gasteiger charge is -2.34. The van der Waals surface area contributed by atoms with Gasteiger partial charge < -0.3 is 4.90 Å². The zero-order valence-electron chi connectivity index (χ0n) is 15.1. The van der Waals surface area contributed by atoms with E-state index in [1.54, 1.807) is 6.92 Å². The second kappa shape index (κ2) is 8.25. The Kier molecular flexibility index (Phi) is 6.53. The zero-order valence-corrected chi connectivity index (χ0v) is 15.9. The first kappa shape index (κ1) is 19.8. The minimum Gasteiger partial charge on any atom is -0.303 e. The quantitative estimate of drug-likeness (QED) is 0.453. The van der Waals surface area contributed by atoms with Crippen LogP contribution in [0.1, 0.15) is 32.3 Å². The van der Waals surface area contributed by atoms with Crippen LogP contribution in [0.25, 0.3) is 0 Å². The van der Waals surface area contributed by atoms with E-state index in [0.717, 1.165) is 25.7 Å². The van der Waals surface area contributed by atoms with Gasteiger partial charge in [-0.1, -0.05) is 19.9 Å². The number of benzene rings is 1. The van der Waals surface area contributed by atoms with Gasteiger partial charge in [0.2, 0.25) is 10.0 Å². The molecule has 2 rings (SSSR count). The number of sulfonamides is 1. The van der Waals surface area contributed by atoms with Crippen molar-refractivity contribution in [3.8, 4) is 0 Å². The molecule has 0 aliphatic carbocycles. The van der Waals surface area contributed by atoms with Gasteiger partial charge in [-0.05, 0) is 43.7 Å². The Balaban J connectivity index is 1.91. The van der Waals surface area contributed by atoms with Crippen LogP contribution in [0.5, 0.6) is 0 Å². The SMILES string of the molecule is Cc1ccc([N+](=O)[O-])cc1S(=O)(=O)NCCCN1C[C@@H](C)C[C@H](C)C1. The zero-order chi connectivity index (χ0) is 18.6. The summed E-state index contributed by atoms with van der Waals surface area (Å²) in [7, 11) is -3.74. The van der Waals surface area contributed by atoms with Gasteiger partial charge in [0.25, 0.3) is 5.69 Å². The van der Waals surface area contributed by atoms with Gasteiger partial charge in [0.05, 0.1) is 9.82 Å². The van der Waals surface area contributed by atoms with Crippen LogP contribution >= 0.6 is 0 Å². The summed E-state index contributed by atoms with van der Waals surface area (Å²) < 4.78 is 27.4. The third-order valence-corrected chi connectivity index (χ3v) is 6.16. The Morgan fingerprint density at radius 3 is 2.52 bits per heavy atom. The lowest BCUT2D eigenvalue weighted by atomic mass is 9.92. The number of aryl methyl sites for hydroxylation is 1. The maximum Gasteiger partial charge on any atom is 0.270 e. The van der Waals surface area contributed by atoms with E-state index in [2.05, 4.69) is 23.5 Å². The van der Waals surface area contributed by atoms with Crippen molar-refractivity contribution in [2.24, 2.45) is 11.8 Å². The smallest absolute Gasteiger partial charge is 0.270 e. The first-order chi connectivity index (χ1) is 11.7. The Labute approximate surface area is 149 Å². The Bertz CT molecular complexity index is 711. The van der Waals surface area contributed by atoms with Crippen LogP contribution in [0.3, 0.4) is 0 Å². The van der Waals surface area contributed by atoms with Gasteiger partial charge >= 0.3 is 0 Å². The second-order valence-corrected chi connectivity index (χ2v) is 8.90. The van der Waals surface area contributed by atoms with Gasteiger partial charge in [-0.2, -0.15) is 0 Å². The average Bonchev–Trinajstić information content (AvgIpc) is 2.50. The molecule has 2 atom stereocenters. The number of nitrogens with zero attached hydrogens (tertiary/aromatic N) is 2. The highest BCUT2D eigenvalue weighted by Gasteiger charge is 2.22. The molecule has 8 heteroatoms. The van der Waals surface area contributed by atoms with Gasteiger partial charge in [-0.25, -0.2) is 13.1 Å². The molecule has 25 heavy (non-hydrogen) atoms. The molecule has 0 radical (unpaired) electrons. The molecule has 1 aliphatic rings. The number of hydrogen-bond acceptors (Lipinski definition) is 5. The van der Waals surface area contributed by atoms with E-state index in [1.807, 2.05) is 0 Å². The van der Waals surface area contributed by atoms with E-state index >= 15 is 0 Å². The van der Waals surface area contributed by atoms with Crippen LogP contribution in [-0.2, 0) is 10.0 Å². The van der Waals surface area contributed by atoms with Crippen molar-refractivity contribution < 1.29 is 13.3 Å². The molecule has 1 aromatic rings. The second-order valence-electron chi connectivity index (χ2n) is 7.16. The number of likely N-dealkylation sites (tertiary alicyclic amines) is 1. The minimum absolute atomic E-state index is 0.0260. The van der Waals surface area contributed by atoms with Crippen LogP contribution in [0.4, 0.5) is 5.69 Å². The Morgan fingerprint density at radius 2 is 1.92 bits per heavy atom. The van der Waals surface area contributed by atoms with E-state index in [9.17, 15) is 18.5 Å². The van der Waals surface area contributed by atoms with Crippen LogP contribution in [0.2, 0.25) is 0 Å². The third kappa shape index (κ3) is 5.49. The highest BCUT2D eigenvalue weighted by atomic mass is 32.2. The number of nitro groups is 1. The summed E-state index contributed by atoms with van der Waals surface area (Å²) in [5.74, 6) is 1.35. The van der Waals surface area contributed by atoms with Crippen molar-refractivity contribution in [3.05, 3.63) is 33.9 Å². The van der Waals surface area contributed by atoms with Crippen LogP contribution in [0, 0.1) is 28.9 Å². The monoisotopic (exact) mass is 369 g/mol. The highest BCUT2D eigenvalue weighted by molar-refractivity contribution is 7.89. The van der Waals surface area contributed by atoms with Crippen molar-refractivity contribution in [1.82, 2.24) is 9.62 Å². The molecule has 0 bridgehead atoms. The third-order valence-electron chi connectivity index (χ3n) is 4.56. The predicted octanol–water partition coefficient (Wildman–Crippen LogP) is 2.55. The van der Waals surface area contributed by atoms with Crippen molar-refractivity contribution in [2.45, 2.75) is 38.5 Å². The van der Waals surface area contributed by atoms with Crippen LogP contribution in [0.15, 0.2) is 23.1 Å². The van der Waals surface area contributed by atoms with Crippen LogP contribution < -0.4 is 4.72 Å². The first-order valence-corrected chi connectivity index (χ1v) is 10.1. The summed E-state index contributed by atoms with van der Waals surface area (Å²) in [6.07, 6.45) is 1.96. The molecular formula is C17H27N3O4S. The molecule has 0 amide bonds. The van der Waals surface area contributed by atoms with Crippen molar-refractivity contribution in [2.75, 3.05) is 26.2 Å². The topological polar surface area (TPSA) is 92.5 Å². The minimum atomic E-state index is -3.74. The number of non-ortho nitro benzene ring substituents is 1. The summed E-state index contributed by atoms with van der Waals surface area (Å²) in [6.45, 7) is 9.42. The molecular weight excluding hydrogens is 342 g/mol. The van der Waals surface area contributed by atoms with Crippen LogP contribution in [-0.4, -0.2) is 44.4 Å². The molecule has 1 fully saturated rings. The average molecular weight is 369 g/mol. The summed E-state index contributed by atoms with van der Waals surface area (Å²) >= 11 is 0. The number of nitrogens with one attached hydrogen (secondary N) is 1. The van der Waals surface area contributed by atoms with E-state index < -0.39 is 14.9 Å². The summed E-state index contributed by atoms with van der Waals surface area (Å²) in [5.41, 5.74) is 0.277. The lowest BCUT2D eigenvalue weighted by molar-refractivity contribution is -0.385. The highest BCUT2D eigenvalue weighted by Crippen LogP contribution is 2.22. The number of hydrogen-bond donors (Lipinski definition) is 1. The predicted molar refractivity (Wildman–Crippen MR) is 97.0 cm³/mol. The summed E-state index contributed by atoms with van der Waals surface area (Å²) in [6, 6.07) is 3.89. The molecule has 1 N–H and O–H groups in total. The fraction of sp³-hybridized carbons (Fsp3) is 0.647. The number of piperidine rings is 1. The normalized spacial score (nSPS) is 22.0. The number of nitro benzene ring substituents is 1. The van der Waals surface area contributed by atoms with E-state index in [4.69, 9.17) is 0 Å². The van der Waals surface area contributed by atoms with Gasteiger partial charge in [0, 0.05) is 31.8 Å². The van der Waals surface area contributed by atoms with Crippen molar-refractivity contribution >= 4 is 15.7 Å². The fourth-order valence-electron chi connectivity index (χ4n) is 3.55. The van der Waals surface area contributed by atoms with Gasteiger partial charge in [0.1, 0.15) is 0 Å². The molecule has 1 heterocycles.